The molecule has 0 radical (unpaired) electrons. The van der Waals surface area contributed by atoms with Crippen LogP contribution in [0.1, 0.15) is 32.6 Å². The van der Waals surface area contributed by atoms with E-state index in [1.807, 2.05) is 0 Å². The molecule has 37 heavy (non-hydrogen) atoms. The SMILES string of the molecule is C[C@@]1(O)CS[C@H](C(=O)O)C1.O=C(O)[C@@H]1C[C@@H](O)CS1.O=C(O)[C@@H]1C[C@H](O)CS1.O=C1CS[C@H](C(=O)O)C1. The first-order chi connectivity index (χ1) is 17.1. The molecule has 4 saturated heterocycles. The Morgan fingerprint density at radius 1 is 0.730 bits per heavy atom. The Bertz CT molecular complexity index is 793. The van der Waals surface area contributed by atoms with Crippen LogP contribution >= 0.6 is 47.0 Å². The molecule has 12 nitrogen and oxygen atoms in total. The van der Waals surface area contributed by atoms with E-state index in [0.717, 1.165) is 0 Å². The quantitative estimate of drug-likeness (QED) is 0.230. The molecule has 212 valence electrons. The van der Waals surface area contributed by atoms with Gasteiger partial charge >= 0.3 is 23.9 Å². The van der Waals surface area contributed by atoms with E-state index in [0.29, 0.717) is 42.3 Å². The lowest BCUT2D eigenvalue weighted by molar-refractivity contribution is -0.138. The van der Waals surface area contributed by atoms with E-state index in [1.165, 1.54) is 47.0 Å². The molecule has 0 amide bonds. The molecule has 4 heterocycles. The highest BCUT2D eigenvalue weighted by molar-refractivity contribution is 8.02. The van der Waals surface area contributed by atoms with Gasteiger partial charge in [0.05, 0.1) is 23.6 Å². The maximum atomic E-state index is 10.5. The monoisotopic (exact) mass is 604 g/mol. The molecule has 16 heteroatoms. The number of carboxylic acid groups (broad SMARTS) is 4. The second-order valence-corrected chi connectivity index (χ2v) is 13.7. The van der Waals surface area contributed by atoms with Gasteiger partial charge < -0.3 is 35.7 Å². The van der Waals surface area contributed by atoms with E-state index in [2.05, 4.69) is 0 Å². The molecule has 7 N–H and O–H groups in total. The Morgan fingerprint density at radius 2 is 1.16 bits per heavy atom. The molecule has 4 aliphatic rings. The lowest BCUT2D eigenvalue weighted by Crippen LogP contribution is -2.25. The van der Waals surface area contributed by atoms with Gasteiger partial charge in [0, 0.05) is 23.7 Å². The average Bonchev–Trinajstić information content (AvgIpc) is 3.57. The first-order valence-corrected chi connectivity index (χ1v) is 15.3. The molecule has 0 aliphatic carbocycles. The molecule has 0 spiro atoms. The number of aliphatic hydroxyl groups excluding tert-OH is 2. The van der Waals surface area contributed by atoms with E-state index < -0.39 is 52.2 Å². The molecule has 0 aromatic carbocycles. The van der Waals surface area contributed by atoms with Gasteiger partial charge in [-0.3, -0.25) is 24.0 Å². The summed E-state index contributed by atoms with van der Waals surface area (Å²) < 4.78 is 0. The number of carbonyl (C=O) groups excluding carboxylic acids is 1. The minimum absolute atomic E-state index is 0.0485. The van der Waals surface area contributed by atoms with Crippen LogP contribution in [0.5, 0.6) is 0 Å². The van der Waals surface area contributed by atoms with Gasteiger partial charge in [-0.1, -0.05) is 0 Å². The number of Topliss-reactive ketones (excluding diaryl/α,β-unsaturated/α-hetero) is 1. The molecular weight excluding hydrogens is 572 g/mol. The normalized spacial score (nSPS) is 34.2. The fourth-order valence-electron chi connectivity index (χ4n) is 3.20. The number of rotatable bonds is 4. The van der Waals surface area contributed by atoms with Gasteiger partial charge in [0.25, 0.3) is 0 Å². The molecule has 0 unspecified atom stereocenters. The Morgan fingerprint density at radius 3 is 1.32 bits per heavy atom. The molecular formula is C21H32O12S4. The highest BCUT2D eigenvalue weighted by Gasteiger charge is 2.37. The van der Waals surface area contributed by atoms with Crippen molar-refractivity contribution in [2.75, 3.05) is 23.0 Å². The van der Waals surface area contributed by atoms with Crippen LogP contribution in [0, 0.1) is 0 Å². The van der Waals surface area contributed by atoms with Crippen molar-refractivity contribution in [2.45, 2.75) is 71.4 Å². The zero-order valence-electron chi connectivity index (χ0n) is 19.9. The number of hydrogen-bond donors (Lipinski definition) is 7. The van der Waals surface area contributed by atoms with Crippen LogP contribution in [-0.4, -0.2) is 127 Å². The Labute approximate surface area is 230 Å². The van der Waals surface area contributed by atoms with Crippen LogP contribution in [0.2, 0.25) is 0 Å². The highest BCUT2D eigenvalue weighted by atomic mass is 32.2. The minimum atomic E-state index is -0.870. The van der Waals surface area contributed by atoms with Crippen LogP contribution in [0.3, 0.4) is 0 Å². The van der Waals surface area contributed by atoms with E-state index in [-0.39, 0.29) is 22.7 Å². The van der Waals surface area contributed by atoms with Gasteiger partial charge in [-0.2, -0.15) is 0 Å². The summed E-state index contributed by atoms with van der Waals surface area (Å²) in [6.45, 7) is 1.67. The van der Waals surface area contributed by atoms with E-state index in [9.17, 15) is 29.1 Å². The summed E-state index contributed by atoms with van der Waals surface area (Å²) in [5, 5.41) is 59.1. The van der Waals surface area contributed by atoms with Crippen molar-refractivity contribution < 1.29 is 59.7 Å². The molecule has 0 aromatic heterocycles. The van der Waals surface area contributed by atoms with Crippen molar-refractivity contribution in [1.29, 1.82) is 0 Å². The van der Waals surface area contributed by atoms with Crippen molar-refractivity contribution in [3.63, 3.8) is 0 Å². The smallest absolute Gasteiger partial charge is 0.317 e. The van der Waals surface area contributed by atoms with Gasteiger partial charge in [-0.15, -0.1) is 47.0 Å². The first-order valence-electron chi connectivity index (χ1n) is 11.1. The predicted molar refractivity (Wildman–Crippen MR) is 142 cm³/mol. The van der Waals surface area contributed by atoms with E-state index in [4.69, 9.17) is 30.6 Å². The van der Waals surface area contributed by atoms with Gasteiger partial charge in [-0.05, 0) is 26.2 Å². The summed E-state index contributed by atoms with van der Waals surface area (Å²) in [6, 6.07) is 0. The van der Waals surface area contributed by atoms with E-state index in [1.54, 1.807) is 6.92 Å². The number of hydrogen-bond acceptors (Lipinski definition) is 12. The largest absolute Gasteiger partial charge is 0.480 e. The third-order valence-electron chi connectivity index (χ3n) is 5.13. The summed E-state index contributed by atoms with van der Waals surface area (Å²) in [7, 11) is 0. The van der Waals surface area contributed by atoms with E-state index >= 15 is 0 Å². The summed E-state index contributed by atoms with van der Waals surface area (Å²) in [5.74, 6) is -1.22. The molecule has 4 rings (SSSR count). The van der Waals surface area contributed by atoms with Gasteiger partial charge in [0.1, 0.15) is 26.8 Å². The molecule has 4 aliphatic heterocycles. The first kappa shape index (κ1) is 33.9. The van der Waals surface area contributed by atoms with Crippen LogP contribution < -0.4 is 0 Å². The molecule has 0 aromatic rings. The predicted octanol–water partition coefficient (Wildman–Crippen LogP) is 0.348. The second kappa shape index (κ2) is 16.1. The number of thioether (sulfide) groups is 4. The third kappa shape index (κ3) is 13.5. The summed E-state index contributed by atoms with van der Waals surface area (Å²) in [5.41, 5.74) is -0.770. The molecule has 0 saturated carbocycles. The van der Waals surface area contributed by atoms with Crippen LogP contribution in [0.4, 0.5) is 0 Å². The molecule has 4 fully saturated rings. The topological polar surface area (TPSA) is 227 Å². The summed E-state index contributed by atoms with van der Waals surface area (Å²) in [6.07, 6.45) is 0.569. The van der Waals surface area contributed by atoms with Crippen molar-refractivity contribution in [3.8, 4) is 0 Å². The fraction of sp³-hybridized carbons (Fsp3) is 0.762. The Hall–Kier alpha value is -1.17. The lowest BCUT2D eigenvalue weighted by Gasteiger charge is -2.12. The van der Waals surface area contributed by atoms with Crippen molar-refractivity contribution >= 4 is 76.7 Å². The number of carbonyl (C=O) groups is 5. The van der Waals surface area contributed by atoms with Crippen LogP contribution in [0.25, 0.3) is 0 Å². The fourth-order valence-corrected chi connectivity index (χ4v) is 7.63. The van der Waals surface area contributed by atoms with Gasteiger partial charge in [-0.25, -0.2) is 0 Å². The number of ketones is 1. The number of aliphatic hydroxyl groups is 3. The second-order valence-electron chi connectivity index (χ2n) is 8.82. The summed E-state index contributed by atoms with van der Waals surface area (Å²) in [4.78, 5) is 51.4. The molecule has 7 atom stereocenters. The number of aliphatic carboxylic acids is 4. The average molecular weight is 605 g/mol. The zero-order chi connectivity index (χ0) is 28.3. The maximum absolute atomic E-state index is 10.5. The van der Waals surface area contributed by atoms with Crippen LogP contribution in [0.15, 0.2) is 0 Å². The zero-order valence-corrected chi connectivity index (χ0v) is 23.2. The maximum Gasteiger partial charge on any atom is 0.317 e. The number of carboxylic acids is 4. The highest BCUT2D eigenvalue weighted by Crippen LogP contribution is 2.34. The Balaban J connectivity index is 0.000000247. The Kier molecular flexibility index (Phi) is 14.7. The van der Waals surface area contributed by atoms with Crippen LogP contribution in [-0.2, 0) is 24.0 Å². The van der Waals surface area contributed by atoms with Crippen molar-refractivity contribution in [2.24, 2.45) is 0 Å². The van der Waals surface area contributed by atoms with Gasteiger partial charge in [0.2, 0.25) is 0 Å². The molecule has 0 bridgehead atoms. The standard InChI is InChI=1S/C6H10O3S.2C5H8O3S.C5H6O3S/c1-6(9)2-4(5(7)8)10-3-6;3*6-3-1-4(5(7)8)9-2-3/h4,9H,2-3H2,1H3,(H,7,8);2*3-4,6H,1-2H2,(H,7,8);4H,1-2H2,(H,7,8)/t4-,6-;3-,4+;3-,4-;4-/m0100/s1. The lowest BCUT2D eigenvalue weighted by atomic mass is 10.0. The van der Waals surface area contributed by atoms with Gasteiger partial charge in [0.15, 0.2) is 0 Å². The minimum Gasteiger partial charge on any atom is -0.480 e. The summed E-state index contributed by atoms with van der Waals surface area (Å²) >= 11 is 5.14. The third-order valence-corrected chi connectivity index (χ3v) is 10.7. The van der Waals surface area contributed by atoms with Crippen molar-refractivity contribution in [1.82, 2.24) is 0 Å². The van der Waals surface area contributed by atoms with Crippen molar-refractivity contribution in [3.05, 3.63) is 0 Å².